The van der Waals surface area contributed by atoms with Crippen molar-refractivity contribution in [1.82, 2.24) is 24.5 Å². The summed E-state index contributed by atoms with van der Waals surface area (Å²) in [5.41, 5.74) is 3.62. The molecule has 11 nitrogen and oxygen atoms in total. The molecule has 1 amide bonds. The number of hydrogen-bond acceptors (Lipinski definition) is 7. The number of amides is 1. The first-order valence-electron chi connectivity index (χ1n) is 11.7. The van der Waals surface area contributed by atoms with Gasteiger partial charge in [-0.3, -0.25) is 14.9 Å². The van der Waals surface area contributed by atoms with Crippen LogP contribution in [0.3, 0.4) is 0 Å². The number of carbonyl (C=O) groups is 1. The SMILES string of the molecule is Cc1cc(NC(=O)c2cc(-c3cc(C)oc3C)nc3c2cnn3C(C)C)n(-c2ccc([N+](=O)[O-])cc2)n1. The van der Waals surface area contributed by atoms with Gasteiger partial charge in [0.2, 0.25) is 0 Å². The third kappa shape index (κ3) is 4.35. The Hall–Kier alpha value is -4.80. The Kier molecular flexibility index (Phi) is 5.82. The van der Waals surface area contributed by atoms with E-state index in [0.717, 1.165) is 11.3 Å². The number of carbonyl (C=O) groups excluding carboxylic acids is 1. The summed E-state index contributed by atoms with van der Waals surface area (Å²) in [7, 11) is 0. The lowest BCUT2D eigenvalue weighted by Crippen LogP contribution is -2.16. The minimum Gasteiger partial charge on any atom is -0.466 e. The number of furan rings is 1. The smallest absolute Gasteiger partial charge is 0.269 e. The molecule has 0 bridgehead atoms. The first-order valence-corrected chi connectivity index (χ1v) is 11.7. The van der Waals surface area contributed by atoms with Crippen LogP contribution < -0.4 is 5.32 Å². The quantitative estimate of drug-likeness (QED) is 0.239. The van der Waals surface area contributed by atoms with E-state index in [9.17, 15) is 14.9 Å². The molecule has 0 atom stereocenters. The van der Waals surface area contributed by atoms with Crippen molar-refractivity contribution in [2.24, 2.45) is 0 Å². The highest BCUT2D eigenvalue weighted by Crippen LogP contribution is 2.31. The van der Waals surface area contributed by atoms with Crippen LogP contribution in [0.1, 0.15) is 47.5 Å². The van der Waals surface area contributed by atoms with E-state index in [1.165, 1.54) is 16.8 Å². The van der Waals surface area contributed by atoms with Gasteiger partial charge < -0.3 is 9.73 Å². The zero-order valence-corrected chi connectivity index (χ0v) is 21.0. The first-order chi connectivity index (χ1) is 17.6. The monoisotopic (exact) mass is 499 g/mol. The summed E-state index contributed by atoms with van der Waals surface area (Å²) < 4.78 is 9.03. The number of benzene rings is 1. The fourth-order valence-electron chi connectivity index (χ4n) is 4.29. The Bertz CT molecular complexity index is 1660. The van der Waals surface area contributed by atoms with Crippen molar-refractivity contribution in [3.63, 3.8) is 0 Å². The average Bonchev–Trinajstić information content (AvgIpc) is 3.54. The normalized spacial score (nSPS) is 11.4. The molecule has 0 saturated carbocycles. The van der Waals surface area contributed by atoms with Crippen LogP contribution in [0.15, 0.2) is 53.1 Å². The molecule has 11 heteroatoms. The number of rotatable bonds is 6. The molecule has 0 aliphatic heterocycles. The maximum Gasteiger partial charge on any atom is 0.269 e. The van der Waals surface area contributed by atoms with Crippen molar-refractivity contribution in [3.05, 3.63) is 81.6 Å². The molecule has 0 spiro atoms. The fourth-order valence-corrected chi connectivity index (χ4v) is 4.29. The van der Waals surface area contributed by atoms with E-state index in [1.54, 1.807) is 42.1 Å². The Labute approximate surface area is 211 Å². The van der Waals surface area contributed by atoms with Gasteiger partial charge in [0.25, 0.3) is 11.6 Å². The van der Waals surface area contributed by atoms with Gasteiger partial charge in [-0.15, -0.1) is 0 Å². The Morgan fingerprint density at radius 3 is 2.46 bits per heavy atom. The number of nitrogens with one attached hydrogen (secondary N) is 1. The first kappa shape index (κ1) is 23.9. The van der Waals surface area contributed by atoms with Gasteiger partial charge in [0.05, 0.1) is 39.1 Å². The van der Waals surface area contributed by atoms with E-state index in [-0.39, 0.29) is 17.6 Å². The van der Waals surface area contributed by atoms with Gasteiger partial charge in [0, 0.05) is 29.8 Å². The van der Waals surface area contributed by atoms with Crippen LogP contribution in [0.2, 0.25) is 0 Å². The largest absolute Gasteiger partial charge is 0.466 e. The molecule has 188 valence electrons. The van der Waals surface area contributed by atoms with Gasteiger partial charge >= 0.3 is 0 Å². The molecule has 1 aromatic carbocycles. The second-order valence-electron chi connectivity index (χ2n) is 9.11. The standard InChI is InChI=1S/C26H25N7O4/c1-14(2)31-25-22(13-27-31)21(12-23(28-25)20-11-16(4)37-17(20)5)26(34)29-24-10-15(3)30-32(24)18-6-8-19(9-7-18)33(35)36/h6-14H,1-5H3,(H,29,34). The number of anilines is 1. The molecule has 4 heterocycles. The molecule has 0 unspecified atom stereocenters. The molecule has 1 N–H and O–H groups in total. The molecule has 0 fully saturated rings. The Morgan fingerprint density at radius 2 is 1.84 bits per heavy atom. The van der Waals surface area contributed by atoms with Gasteiger partial charge in [-0.2, -0.15) is 10.2 Å². The molecule has 37 heavy (non-hydrogen) atoms. The van der Waals surface area contributed by atoms with E-state index in [1.807, 2.05) is 33.8 Å². The number of pyridine rings is 1. The molecular formula is C26H25N7O4. The summed E-state index contributed by atoms with van der Waals surface area (Å²) in [4.78, 5) is 29.1. The number of nitro groups is 1. The molecule has 0 saturated heterocycles. The van der Waals surface area contributed by atoms with Crippen LogP contribution in [-0.2, 0) is 0 Å². The number of non-ortho nitro benzene ring substituents is 1. The molecular weight excluding hydrogens is 474 g/mol. The lowest BCUT2D eigenvalue weighted by Gasteiger charge is -2.12. The Morgan fingerprint density at radius 1 is 1.11 bits per heavy atom. The maximum absolute atomic E-state index is 13.7. The molecule has 0 radical (unpaired) electrons. The van der Waals surface area contributed by atoms with Gasteiger partial charge in [-0.05, 0) is 58.9 Å². The third-order valence-corrected chi connectivity index (χ3v) is 6.00. The van der Waals surface area contributed by atoms with Gasteiger partial charge in [0.1, 0.15) is 17.3 Å². The molecule has 0 aliphatic carbocycles. The number of fused-ring (bicyclic) bond motifs is 1. The lowest BCUT2D eigenvalue weighted by molar-refractivity contribution is -0.384. The van der Waals surface area contributed by atoms with Crippen LogP contribution in [0.4, 0.5) is 11.5 Å². The highest BCUT2D eigenvalue weighted by molar-refractivity contribution is 6.12. The van der Waals surface area contributed by atoms with E-state index in [0.29, 0.717) is 45.3 Å². The maximum atomic E-state index is 13.7. The molecule has 5 aromatic rings. The van der Waals surface area contributed by atoms with Crippen molar-refractivity contribution < 1.29 is 14.1 Å². The van der Waals surface area contributed by atoms with Crippen molar-refractivity contribution in [3.8, 4) is 16.9 Å². The van der Waals surface area contributed by atoms with E-state index in [4.69, 9.17) is 9.40 Å². The predicted molar refractivity (Wildman–Crippen MR) is 138 cm³/mol. The summed E-state index contributed by atoms with van der Waals surface area (Å²) in [6, 6.07) is 11.4. The Balaban J connectivity index is 1.59. The molecule has 5 rings (SSSR count). The molecule has 4 aromatic heterocycles. The summed E-state index contributed by atoms with van der Waals surface area (Å²) >= 11 is 0. The molecule has 0 aliphatic rings. The van der Waals surface area contributed by atoms with Gasteiger partial charge in [-0.1, -0.05) is 0 Å². The number of hydrogen-bond donors (Lipinski definition) is 1. The number of aryl methyl sites for hydroxylation is 3. The van der Waals surface area contributed by atoms with Crippen molar-refractivity contribution in [1.29, 1.82) is 0 Å². The minimum absolute atomic E-state index is 0.0307. The van der Waals surface area contributed by atoms with Crippen LogP contribution in [-0.4, -0.2) is 35.4 Å². The zero-order valence-electron chi connectivity index (χ0n) is 21.0. The predicted octanol–water partition coefficient (Wildman–Crippen LogP) is 5.54. The van der Waals surface area contributed by atoms with Crippen LogP contribution in [0.5, 0.6) is 0 Å². The number of nitrogens with zero attached hydrogens (tertiary/aromatic N) is 6. The summed E-state index contributed by atoms with van der Waals surface area (Å²) in [5.74, 6) is 1.52. The van der Waals surface area contributed by atoms with Crippen molar-refractivity contribution in [2.75, 3.05) is 5.32 Å². The van der Waals surface area contributed by atoms with Crippen LogP contribution in [0.25, 0.3) is 28.0 Å². The lowest BCUT2D eigenvalue weighted by atomic mass is 10.1. The van der Waals surface area contributed by atoms with Crippen LogP contribution in [0, 0.1) is 30.9 Å². The topological polar surface area (TPSA) is 134 Å². The zero-order chi connectivity index (χ0) is 26.4. The second kappa shape index (κ2) is 9.01. The fraction of sp³-hybridized carbons (Fsp3) is 0.231. The van der Waals surface area contributed by atoms with Crippen molar-refractivity contribution in [2.45, 2.75) is 40.7 Å². The van der Waals surface area contributed by atoms with E-state index < -0.39 is 4.92 Å². The average molecular weight is 500 g/mol. The van der Waals surface area contributed by atoms with Gasteiger partial charge in [0.15, 0.2) is 5.65 Å². The van der Waals surface area contributed by atoms with E-state index >= 15 is 0 Å². The van der Waals surface area contributed by atoms with Crippen LogP contribution >= 0.6 is 0 Å². The second-order valence-corrected chi connectivity index (χ2v) is 9.11. The van der Waals surface area contributed by atoms with E-state index in [2.05, 4.69) is 15.5 Å². The third-order valence-electron chi connectivity index (χ3n) is 6.00. The highest BCUT2D eigenvalue weighted by atomic mass is 16.6. The summed E-state index contributed by atoms with van der Waals surface area (Å²) in [5, 5.41) is 23.5. The summed E-state index contributed by atoms with van der Waals surface area (Å²) in [6.07, 6.45) is 1.65. The number of aromatic nitrogens is 5. The highest BCUT2D eigenvalue weighted by Gasteiger charge is 2.22. The minimum atomic E-state index is -0.465. The van der Waals surface area contributed by atoms with Gasteiger partial charge in [-0.25, -0.2) is 14.3 Å². The van der Waals surface area contributed by atoms with Crippen molar-refractivity contribution >= 4 is 28.4 Å². The number of nitro benzene ring substituents is 1. The summed E-state index contributed by atoms with van der Waals surface area (Å²) in [6.45, 7) is 9.53.